The van der Waals surface area contributed by atoms with Crippen LogP contribution in [-0.4, -0.2) is 27.3 Å². The molecule has 5 heteroatoms. The maximum Gasteiger partial charge on any atom is 0.130 e. The number of nitrogens with zero attached hydrogens (tertiary/aromatic N) is 2. The third-order valence-corrected chi connectivity index (χ3v) is 3.57. The van der Waals surface area contributed by atoms with E-state index in [0.29, 0.717) is 11.8 Å². The largest absolute Gasteiger partial charge is 0.362 e. The summed E-state index contributed by atoms with van der Waals surface area (Å²) in [5.74, 6) is 2.44. The second-order valence-corrected chi connectivity index (χ2v) is 4.50. The molecule has 3 nitrogen and oxygen atoms in total. The Hall–Kier alpha value is -0.540. The quantitative estimate of drug-likeness (QED) is 0.828. The van der Waals surface area contributed by atoms with Crippen LogP contribution in [0.2, 0.25) is 0 Å². The predicted molar refractivity (Wildman–Crippen MR) is 69.6 cm³/mol. The highest BCUT2D eigenvalue weighted by Gasteiger charge is 2.26. The van der Waals surface area contributed by atoms with Gasteiger partial charge >= 0.3 is 0 Å². The Morgan fingerprint density at radius 2 is 1.88 bits per heavy atom. The van der Waals surface area contributed by atoms with Crippen molar-refractivity contribution in [2.24, 2.45) is 0 Å². The number of anilines is 1. The van der Waals surface area contributed by atoms with Gasteiger partial charge in [-0.2, -0.15) is 0 Å². The van der Waals surface area contributed by atoms with Gasteiger partial charge in [-0.3, -0.25) is 0 Å². The van der Waals surface area contributed by atoms with Crippen LogP contribution in [0.5, 0.6) is 0 Å². The Morgan fingerprint density at radius 3 is 2.31 bits per heavy atom. The molecule has 0 aliphatic rings. The molecule has 0 saturated heterocycles. The lowest BCUT2D eigenvalue weighted by molar-refractivity contribution is 0.557. The molecule has 1 aromatic heterocycles. The third kappa shape index (κ3) is 3.22. The number of hydrogen-bond acceptors (Lipinski definition) is 3. The van der Waals surface area contributed by atoms with Crippen molar-refractivity contribution in [3.05, 3.63) is 17.6 Å². The Bertz CT molecular complexity index is 323. The summed E-state index contributed by atoms with van der Waals surface area (Å²) in [6.07, 6.45) is 0.849. The molecule has 0 fully saturated rings. The maximum absolute atomic E-state index is 5.96. The van der Waals surface area contributed by atoms with Crippen molar-refractivity contribution in [2.75, 3.05) is 17.1 Å². The van der Waals surface area contributed by atoms with Gasteiger partial charge < -0.3 is 5.32 Å². The Labute approximate surface area is 107 Å². The lowest BCUT2D eigenvalue weighted by atomic mass is 10.0. The predicted octanol–water partition coefficient (Wildman–Crippen LogP) is 3.13. The first kappa shape index (κ1) is 13.5. The molecule has 0 radical (unpaired) electrons. The summed E-state index contributed by atoms with van der Waals surface area (Å²) in [6, 6.07) is 1.90. The minimum absolute atomic E-state index is 0.295. The first-order valence-electron chi connectivity index (χ1n) is 5.27. The van der Waals surface area contributed by atoms with E-state index in [1.54, 1.807) is 0 Å². The van der Waals surface area contributed by atoms with Gasteiger partial charge in [0, 0.05) is 23.5 Å². The lowest BCUT2D eigenvalue weighted by Crippen LogP contribution is -2.42. The van der Waals surface area contributed by atoms with Crippen molar-refractivity contribution < 1.29 is 0 Å². The number of aryl methyl sites for hydroxylation is 2. The van der Waals surface area contributed by atoms with Crippen LogP contribution in [0, 0.1) is 13.8 Å². The van der Waals surface area contributed by atoms with Crippen LogP contribution >= 0.6 is 23.2 Å². The molecule has 1 heterocycles. The molecule has 90 valence electrons. The van der Waals surface area contributed by atoms with Crippen molar-refractivity contribution >= 4 is 29.0 Å². The number of aromatic nitrogens is 2. The van der Waals surface area contributed by atoms with Crippen molar-refractivity contribution in [1.82, 2.24) is 9.97 Å². The third-order valence-electron chi connectivity index (χ3n) is 2.55. The standard InChI is InChI=1S/C11H17Cl2N3/c1-4-11(6-12,7-13)16-10-5-8(2)14-9(3)15-10/h5H,4,6-7H2,1-3H3,(H,14,15,16). The lowest BCUT2D eigenvalue weighted by Gasteiger charge is -2.30. The van der Waals surface area contributed by atoms with Crippen LogP contribution < -0.4 is 5.32 Å². The van der Waals surface area contributed by atoms with E-state index in [4.69, 9.17) is 23.2 Å². The minimum Gasteiger partial charge on any atom is -0.362 e. The Morgan fingerprint density at radius 1 is 1.25 bits per heavy atom. The summed E-state index contributed by atoms with van der Waals surface area (Å²) >= 11 is 11.9. The minimum atomic E-state index is -0.295. The fraction of sp³-hybridized carbons (Fsp3) is 0.636. The monoisotopic (exact) mass is 261 g/mol. The first-order chi connectivity index (χ1) is 7.55. The van der Waals surface area contributed by atoms with Gasteiger partial charge in [0.1, 0.15) is 11.6 Å². The van der Waals surface area contributed by atoms with Gasteiger partial charge in [-0.15, -0.1) is 23.2 Å². The maximum atomic E-state index is 5.96. The normalized spacial score (nSPS) is 11.6. The van der Waals surface area contributed by atoms with Crippen molar-refractivity contribution in [2.45, 2.75) is 32.7 Å². The van der Waals surface area contributed by atoms with Crippen LogP contribution in [-0.2, 0) is 0 Å². The van der Waals surface area contributed by atoms with Crippen LogP contribution in [0.25, 0.3) is 0 Å². The Kier molecular flexibility index (Phi) is 4.81. The average molecular weight is 262 g/mol. The van der Waals surface area contributed by atoms with Crippen LogP contribution in [0.15, 0.2) is 6.07 Å². The second kappa shape index (κ2) is 5.69. The van der Waals surface area contributed by atoms with Gasteiger partial charge in [-0.25, -0.2) is 9.97 Å². The zero-order valence-electron chi connectivity index (χ0n) is 9.85. The van der Waals surface area contributed by atoms with Crippen LogP contribution in [0.1, 0.15) is 24.9 Å². The number of rotatable bonds is 5. The SMILES string of the molecule is CCC(CCl)(CCl)Nc1cc(C)nc(C)n1. The molecule has 1 aromatic rings. The molecule has 0 spiro atoms. The highest BCUT2D eigenvalue weighted by molar-refractivity contribution is 6.22. The van der Waals surface area contributed by atoms with Crippen LogP contribution in [0.4, 0.5) is 5.82 Å². The molecule has 0 aliphatic heterocycles. The average Bonchev–Trinajstić information content (AvgIpc) is 2.25. The molecular weight excluding hydrogens is 245 g/mol. The summed E-state index contributed by atoms with van der Waals surface area (Å²) in [6.45, 7) is 5.86. The molecule has 0 aromatic carbocycles. The van der Waals surface area contributed by atoms with E-state index in [1.165, 1.54) is 0 Å². The zero-order chi connectivity index (χ0) is 12.2. The first-order valence-corrected chi connectivity index (χ1v) is 6.34. The zero-order valence-corrected chi connectivity index (χ0v) is 11.4. The highest BCUT2D eigenvalue weighted by Crippen LogP contribution is 2.21. The van der Waals surface area contributed by atoms with E-state index in [-0.39, 0.29) is 5.54 Å². The van der Waals surface area contributed by atoms with Crippen LogP contribution in [0.3, 0.4) is 0 Å². The summed E-state index contributed by atoms with van der Waals surface area (Å²) in [4.78, 5) is 8.55. The molecule has 1 N–H and O–H groups in total. The van der Waals surface area contributed by atoms with E-state index in [2.05, 4.69) is 22.2 Å². The van der Waals surface area contributed by atoms with Gasteiger partial charge in [0.25, 0.3) is 0 Å². The van der Waals surface area contributed by atoms with E-state index >= 15 is 0 Å². The molecule has 0 saturated carbocycles. The van der Waals surface area contributed by atoms with Gasteiger partial charge in [-0.1, -0.05) is 6.92 Å². The van der Waals surface area contributed by atoms with Crippen molar-refractivity contribution in [3.8, 4) is 0 Å². The van der Waals surface area contributed by atoms with E-state index in [1.807, 2.05) is 19.9 Å². The molecule has 0 unspecified atom stereocenters. The van der Waals surface area contributed by atoms with Crippen molar-refractivity contribution in [3.63, 3.8) is 0 Å². The second-order valence-electron chi connectivity index (χ2n) is 3.97. The Balaban J connectivity index is 2.93. The number of hydrogen-bond donors (Lipinski definition) is 1. The summed E-state index contributed by atoms with van der Waals surface area (Å²) in [5, 5.41) is 3.31. The molecular formula is C11H17Cl2N3. The van der Waals surface area contributed by atoms with E-state index < -0.39 is 0 Å². The summed E-state index contributed by atoms with van der Waals surface area (Å²) < 4.78 is 0. The molecule has 16 heavy (non-hydrogen) atoms. The van der Waals surface area contributed by atoms with Gasteiger partial charge in [0.05, 0.1) is 5.54 Å². The molecule has 0 atom stereocenters. The summed E-state index contributed by atoms with van der Waals surface area (Å²) in [7, 11) is 0. The fourth-order valence-electron chi connectivity index (χ4n) is 1.43. The number of halogens is 2. The smallest absolute Gasteiger partial charge is 0.130 e. The summed E-state index contributed by atoms with van der Waals surface area (Å²) in [5.41, 5.74) is 0.639. The van der Waals surface area contributed by atoms with Crippen molar-refractivity contribution in [1.29, 1.82) is 0 Å². The van der Waals surface area contributed by atoms with E-state index in [9.17, 15) is 0 Å². The molecule has 0 bridgehead atoms. The van der Waals surface area contributed by atoms with Gasteiger partial charge in [0.2, 0.25) is 0 Å². The molecule has 1 rings (SSSR count). The van der Waals surface area contributed by atoms with E-state index in [0.717, 1.165) is 23.8 Å². The van der Waals surface area contributed by atoms with Gasteiger partial charge in [0.15, 0.2) is 0 Å². The number of alkyl halides is 2. The highest BCUT2D eigenvalue weighted by atomic mass is 35.5. The number of nitrogens with one attached hydrogen (secondary N) is 1. The molecule has 0 amide bonds. The molecule has 0 aliphatic carbocycles. The topological polar surface area (TPSA) is 37.8 Å². The fourth-order valence-corrected chi connectivity index (χ4v) is 2.23. The van der Waals surface area contributed by atoms with Gasteiger partial charge in [-0.05, 0) is 20.3 Å².